The van der Waals surface area contributed by atoms with Crippen molar-refractivity contribution in [1.29, 1.82) is 0 Å². The molecule has 1 aromatic rings. The second-order valence-electron chi connectivity index (χ2n) is 5.35. The first kappa shape index (κ1) is 14.2. The maximum atomic E-state index is 12.7. The normalized spacial score (nSPS) is 16.5. The molecule has 0 unspecified atom stereocenters. The molecular formula is C14H18F3NO. The van der Waals surface area contributed by atoms with E-state index in [9.17, 15) is 13.2 Å². The van der Waals surface area contributed by atoms with Gasteiger partial charge in [-0.1, -0.05) is 26.3 Å². The lowest BCUT2D eigenvalue weighted by Crippen LogP contribution is -2.20. The third kappa shape index (κ3) is 3.39. The first-order chi connectivity index (χ1) is 8.88. The molecule has 1 aromatic heterocycles. The molecule has 5 heteroatoms. The van der Waals surface area contributed by atoms with Gasteiger partial charge in [0, 0.05) is 5.56 Å². The number of hydrogen-bond donors (Lipinski definition) is 0. The number of halogens is 3. The Bertz CT molecular complexity index is 439. The van der Waals surface area contributed by atoms with Crippen LogP contribution in [0.2, 0.25) is 0 Å². The lowest BCUT2D eigenvalue weighted by atomic mass is 9.86. The molecule has 0 aliphatic heterocycles. The zero-order chi connectivity index (χ0) is 14.0. The van der Waals surface area contributed by atoms with Crippen LogP contribution in [-0.4, -0.2) is 11.6 Å². The van der Waals surface area contributed by atoms with Gasteiger partial charge in [-0.3, -0.25) is 0 Å². The van der Waals surface area contributed by atoms with Gasteiger partial charge in [-0.25, -0.2) is 4.98 Å². The Morgan fingerprint density at radius 3 is 2.47 bits per heavy atom. The Morgan fingerprint density at radius 1 is 1.32 bits per heavy atom. The average molecular weight is 273 g/mol. The number of rotatable bonds is 4. The Kier molecular flexibility index (Phi) is 4.02. The molecule has 106 valence electrons. The lowest BCUT2D eigenvalue weighted by molar-refractivity contribution is -0.141. The molecule has 19 heavy (non-hydrogen) atoms. The van der Waals surface area contributed by atoms with E-state index in [1.54, 1.807) is 0 Å². The van der Waals surface area contributed by atoms with Gasteiger partial charge in [0.05, 0.1) is 6.61 Å². The number of pyridine rings is 1. The lowest BCUT2D eigenvalue weighted by Gasteiger charge is -2.25. The average Bonchev–Trinajstić information content (AvgIpc) is 2.25. The topological polar surface area (TPSA) is 22.1 Å². The number of hydrogen-bond acceptors (Lipinski definition) is 2. The highest BCUT2D eigenvalue weighted by molar-refractivity contribution is 5.31. The van der Waals surface area contributed by atoms with E-state index >= 15 is 0 Å². The summed E-state index contributed by atoms with van der Waals surface area (Å²) in [5.41, 5.74) is -0.159. The zero-order valence-corrected chi connectivity index (χ0v) is 11.1. The van der Waals surface area contributed by atoms with Crippen molar-refractivity contribution in [3.63, 3.8) is 0 Å². The highest BCUT2D eigenvalue weighted by Crippen LogP contribution is 2.33. The van der Waals surface area contributed by atoms with Crippen molar-refractivity contribution in [2.45, 2.75) is 45.2 Å². The number of ether oxygens (including phenoxy) is 1. The van der Waals surface area contributed by atoms with Crippen molar-refractivity contribution in [3.05, 3.63) is 23.4 Å². The summed E-state index contributed by atoms with van der Waals surface area (Å²) in [6, 6.07) is 2.49. The summed E-state index contributed by atoms with van der Waals surface area (Å²) < 4.78 is 43.5. The molecule has 1 saturated carbocycles. The van der Waals surface area contributed by atoms with Crippen LogP contribution in [0.4, 0.5) is 13.2 Å². The van der Waals surface area contributed by atoms with E-state index in [1.165, 1.54) is 12.5 Å². The van der Waals surface area contributed by atoms with E-state index in [4.69, 9.17) is 4.74 Å². The van der Waals surface area contributed by atoms with Crippen LogP contribution in [0, 0.1) is 5.92 Å². The number of aromatic nitrogens is 1. The van der Waals surface area contributed by atoms with Gasteiger partial charge in [-0.05, 0) is 30.7 Å². The summed E-state index contributed by atoms with van der Waals surface area (Å²) >= 11 is 0. The largest absolute Gasteiger partial charge is 0.477 e. The Hall–Kier alpha value is -1.26. The summed E-state index contributed by atoms with van der Waals surface area (Å²) in [6.45, 7) is 4.30. The first-order valence-corrected chi connectivity index (χ1v) is 6.59. The minimum atomic E-state index is -4.43. The van der Waals surface area contributed by atoms with Gasteiger partial charge in [-0.15, -0.1) is 0 Å². The zero-order valence-electron chi connectivity index (χ0n) is 11.1. The monoisotopic (exact) mass is 273 g/mol. The highest BCUT2D eigenvalue weighted by Gasteiger charge is 2.33. The van der Waals surface area contributed by atoms with Crippen LogP contribution in [-0.2, 0) is 6.18 Å². The SMILES string of the molecule is CC(C)c1ccc(C(F)(F)F)nc1OCC1CCC1. The molecule has 1 aliphatic carbocycles. The van der Waals surface area contributed by atoms with E-state index in [-0.39, 0.29) is 11.8 Å². The standard InChI is InChI=1S/C14H18F3NO/c1-9(2)11-6-7-12(14(15,16)17)18-13(11)19-8-10-4-3-5-10/h6-7,9-10H,3-5,8H2,1-2H3. The summed E-state index contributed by atoms with van der Waals surface area (Å²) in [5, 5.41) is 0. The molecule has 2 rings (SSSR count). The fraction of sp³-hybridized carbons (Fsp3) is 0.643. The highest BCUT2D eigenvalue weighted by atomic mass is 19.4. The molecule has 1 heterocycles. The Labute approximate surface area is 111 Å². The van der Waals surface area contributed by atoms with Gasteiger partial charge >= 0.3 is 6.18 Å². The molecule has 1 aliphatic rings. The smallest absolute Gasteiger partial charge is 0.433 e. The molecule has 0 saturated heterocycles. The van der Waals surface area contributed by atoms with E-state index in [0.29, 0.717) is 12.5 Å². The second-order valence-corrected chi connectivity index (χ2v) is 5.35. The van der Waals surface area contributed by atoms with Gasteiger partial charge in [0.25, 0.3) is 0 Å². The van der Waals surface area contributed by atoms with Gasteiger partial charge in [0.15, 0.2) is 0 Å². The van der Waals surface area contributed by atoms with Gasteiger partial charge in [0.1, 0.15) is 5.69 Å². The van der Waals surface area contributed by atoms with Crippen molar-refractivity contribution in [3.8, 4) is 5.88 Å². The summed E-state index contributed by atoms with van der Waals surface area (Å²) in [7, 11) is 0. The number of alkyl halides is 3. The van der Waals surface area contributed by atoms with Crippen molar-refractivity contribution in [2.75, 3.05) is 6.61 Å². The van der Waals surface area contributed by atoms with Crippen LogP contribution in [0.5, 0.6) is 5.88 Å². The van der Waals surface area contributed by atoms with Crippen LogP contribution in [0.3, 0.4) is 0 Å². The van der Waals surface area contributed by atoms with Gasteiger partial charge in [-0.2, -0.15) is 13.2 Å². The quantitative estimate of drug-likeness (QED) is 0.811. The van der Waals surface area contributed by atoms with E-state index < -0.39 is 11.9 Å². The van der Waals surface area contributed by atoms with Crippen LogP contribution in [0.15, 0.2) is 12.1 Å². The molecule has 0 amide bonds. The van der Waals surface area contributed by atoms with Crippen molar-refractivity contribution in [2.24, 2.45) is 5.92 Å². The summed E-state index contributed by atoms with van der Waals surface area (Å²) in [4.78, 5) is 3.65. The van der Waals surface area contributed by atoms with E-state index in [0.717, 1.165) is 24.5 Å². The number of nitrogens with zero attached hydrogens (tertiary/aromatic N) is 1. The van der Waals surface area contributed by atoms with Crippen LogP contribution < -0.4 is 4.74 Å². The maximum Gasteiger partial charge on any atom is 0.433 e. The van der Waals surface area contributed by atoms with Crippen molar-refractivity contribution >= 4 is 0 Å². The summed E-state index contributed by atoms with van der Waals surface area (Å²) in [5.74, 6) is 0.694. The molecule has 2 nitrogen and oxygen atoms in total. The predicted octanol–water partition coefficient (Wildman–Crippen LogP) is 4.40. The van der Waals surface area contributed by atoms with Gasteiger partial charge < -0.3 is 4.74 Å². The van der Waals surface area contributed by atoms with Crippen LogP contribution >= 0.6 is 0 Å². The summed E-state index contributed by atoms with van der Waals surface area (Å²) in [6.07, 6.45) is -1.06. The third-order valence-corrected chi connectivity index (χ3v) is 3.48. The van der Waals surface area contributed by atoms with Crippen molar-refractivity contribution in [1.82, 2.24) is 4.98 Å². The van der Waals surface area contributed by atoms with Crippen LogP contribution in [0.1, 0.15) is 50.3 Å². The fourth-order valence-corrected chi connectivity index (χ4v) is 2.02. The van der Waals surface area contributed by atoms with E-state index in [1.807, 2.05) is 13.8 Å². The molecule has 0 atom stereocenters. The minimum Gasteiger partial charge on any atom is -0.477 e. The minimum absolute atomic E-state index is 0.0891. The maximum absolute atomic E-state index is 12.7. The van der Waals surface area contributed by atoms with Crippen molar-refractivity contribution < 1.29 is 17.9 Å². The third-order valence-electron chi connectivity index (χ3n) is 3.48. The Balaban J connectivity index is 2.19. The molecule has 0 bridgehead atoms. The predicted molar refractivity (Wildman–Crippen MR) is 66.2 cm³/mol. The second kappa shape index (κ2) is 5.39. The fourth-order valence-electron chi connectivity index (χ4n) is 2.02. The van der Waals surface area contributed by atoms with Crippen LogP contribution in [0.25, 0.3) is 0 Å². The Morgan fingerprint density at radius 2 is 2.00 bits per heavy atom. The molecule has 0 aromatic carbocycles. The molecule has 0 radical (unpaired) electrons. The molecule has 0 N–H and O–H groups in total. The first-order valence-electron chi connectivity index (χ1n) is 6.59. The van der Waals surface area contributed by atoms with Gasteiger partial charge in [0.2, 0.25) is 5.88 Å². The molecular weight excluding hydrogens is 255 g/mol. The van der Waals surface area contributed by atoms with E-state index in [2.05, 4.69) is 4.98 Å². The molecule has 0 spiro atoms. The molecule has 1 fully saturated rings.